The molecule has 0 radical (unpaired) electrons. The number of aliphatic carboxylic acids is 2. The number of benzene rings is 1. The Hall–Kier alpha value is -3.14. The van der Waals surface area contributed by atoms with E-state index in [1.54, 1.807) is 17.0 Å². The van der Waals surface area contributed by atoms with Gasteiger partial charge in [-0.15, -0.1) is 0 Å². The fourth-order valence-electron chi connectivity index (χ4n) is 2.77. The molecule has 0 aliphatic carbocycles. The Morgan fingerprint density at radius 2 is 1.73 bits per heavy atom. The molecule has 0 bridgehead atoms. The van der Waals surface area contributed by atoms with Gasteiger partial charge in [0.2, 0.25) is 0 Å². The summed E-state index contributed by atoms with van der Waals surface area (Å²) >= 11 is 0. The van der Waals surface area contributed by atoms with Crippen molar-refractivity contribution in [1.82, 2.24) is 10.2 Å². The molecule has 2 atom stereocenters. The Bertz CT molecular complexity index is 744. The van der Waals surface area contributed by atoms with E-state index in [-0.39, 0.29) is 18.7 Å². The van der Waals surface area contributed by atoms with E-state index in [1.165, 1.54) is 6.07 Å². The number of carboxylic acid groups (broad SMARTS) is 2. The van der Waals surface area contributed by atoms with Crippen LogP contribution in [-0.2, 0) is 20.9 Å². The molecule has 2 rings (SSSR count). The van der Waals surface area contributed by atoms with Crippen LogP contribution in [-0.4, -0.2) is 64.9 Å². The number of amides is 1. The third-order valence-electron chi connectivity index (χ3n) is 4.09. The first-order valence-electron chi connectivity index (χ1n) is 9.36. The molecule has 0 aromatic heterocycles. The number of rotatable bonds is 6. The minimum atomic E-state index is -1.26. The summed E-state index contributed by atoms with van der Waals surface area (Å²) in [5.74, 6) is -2.35. The number of hydrogen-bond donors (Lipinski definition) is 3. The number of nitrogens with one attached hydrogen (secondary N) is 1. The zero-order chi connectivity index (χ0) is 22.7. The van der Waals surface area contributed by atoms with E-state index in [4.69, 9.17) is 19.7 Å². The van der Waals surface area contributed by atoms with Gasteiger partial charge in [-0.25, -0.2) is 18.8 Å². The lowest BCUT2D eigenvalue weighted by Crippen LogP contribution is -2.57. The molecule has 1 fully saturated rings. The van der Waals surface area contributed by atoms with Crippen LogP contribution in [0.25, 0.3) is 0 Å². The van der Waals surface area contributed by atoms with Gasteiger partial charge in [0.25, 0.3) is 0 Å². The van der Waals surface area contributed by atoms with E-state index in [1.807, 2.05) is 20.8 Å². The van der Waals surface area contributed by atoms with E-state index < -0.39 is 23.8 Å². The summed E-state index contributed by atoms with van der Waals surface area (Å²) in [6.45, 7) is 7.63. The normalized spacial score (nSPS) is 18.3. The third-order valence-corrected chi connectivity index (χ3v) is 4.09. The van der Waals surface area contributed by atoms with Gasteiger partial charge in [-0.2, -0.15) is 0 Å². The topological polar surface area (TPSA) is 125 Å². The van der Waals surface area contributed by atoms with Gasteiger partial charge in [0.1, 0.15) is 18.2 Å². The van der Waals surface area contributed by atoms with Gasteiger partial charge in [-0.05, 0) is 39.0 Å². The number of halogens is 1. The van der Waals surface area contributed by atoms with Crippen molar-refractivity contribution in [2.45, 2.75) is 39.5 Å². The maximum absolute atomic E-state index is 13.8. The van der Waals surface area contributed by atoms with Crippen molar-refractivity contribution in [3.05, 3.63) is 41.7 Å². The average molecular weight is 426 g/mol. The molecular weight excluding hydrogens is 399 g/mol. The summed E-state index contributed by atoms with van der Waals surface area (Å²) in [7, 11) is 0. The van der Waals surface area contributed by atoms with Gasteiger partial charge in [-0.1, -0.05) is 0 Å². The highest BCUT2D eigenvalue weighted by atomic mass is 19.1. The summed E-state index contributed by atoms with van der Waals surface area (Å²) in [6, 6.07) is 4.55. The van der Waals surface area contributed by atoms with Gasteiger partial charge < -0.3 is 29.9 Å². The monoisotopic (exact) mass is 426 g/mol. The van der Waals surface area contributed by atoms with Crippen LogP contribution in [0.2, 0.25) is 0 Å². The summed E-state index contributed by atoms with van der Waals surface area (Å²) in [5, 5.41) is 18.9. The number of piperazine rings is 1. The van der Waals surface area contributed by atoms with Crippen LogP contribution in [0.3, 0.4) is 0 Å². The number of carbonyl (C=O) groups is 3. The van der Waals surface area contributed by atoms with Crippen molar-refractivity contribution in [2.75, 3.05) is 19.7 Å². The Morgan fingerprint density at radius 3 is 2.23 bits per heavy atom. The lowest BCUT2D eigenvalue weighted by atomic mass is 10.1. The number of nitrogens with zero attached hydrogens (tertiary/aromatic N) is 1. The Balaban J connectivity index is 0.000000479. The highest BCUT2D eigenvalue weighted by Crippen LogP contribution is 2.19. The number of ether oxygens (including phenoxy) is 2. The van der Waals surface area contributed by atoms with Crippen LogP contribution < -0.4 is 10.1 Å². The molecule has 166 valence electrons. The van der Waals surface area contributed by atoms with Crippen molar-refractivity contribution in [3.63, 3.8) is 0 Å². The lowest BCUT2D eigenvalue weighted by molar-refractivity contribution is -0.134. The lowest BCUT2D eigenvalue weighted by Gasteiger charge is -2.38. The number of carboxylic acids is 2. The molecule has 0 spiro atoms. The molecule has 9 nitrogen and oxygen atoms in total. The van der Waals surface area contributed by atoms with E-state index in [9.17, 15) is 18.8 Å². The van der Waals surface area contributed by atoms with Crippen molar-refractivity contribution in [2.24, 2.45) is 0 Å². The minimum Gasteiger partial charge on any atom is -0.494 e. The SMILES string of the molecule is CCOc1ccc(F)c(COC(=O)N2[C@H](C)CNC[C@@H]2C)c1.O=C(O)/C=C/C(=O)O. The van der Waals surface area contributed by atoms with Crippen LogP contribution >= 0.6 is 0 Å². The van der Waals surface area contributed by atoms with Crippen LogP contribution in [0, 0.1) is 5.82 Å². The van der Waals surface area contributed by atoms with Crippen molar-refractivity contribution in [3.8, 4) is 5.75 Å². The van der Waals surface area contributed by atoms with Gasteiger partial charge in [0.05, 0.1) is 6.61 Å². The molecular formula is C20H27FN2O7. The third kappa shape index (κ3) is 8.48. The predicted molar refractivity (Wildman–Crippen MR) is 106 cm³/mol. The summed E-state index contributed by atoms with van der Waals surface area (Å²) < 4.78 is 24.4. The van der Waals surface area contributed by atoms with Crippen molar-refractivity contribution >= 4 is 18.0 Å². The first-order chi connectivity index (χ1) is 14.1. The first kappa shape index (κ1) is 24.9. The summed E-state index contributed by atoms with van der Waals surface area (Å²) in [5.41, 5.74) is 0.315. The molecule has 1 saturated heterocycles. The van der Waals surface area contributed by atoms with Gasteiger partial charge in [0, 0.05) is 42.9 Å². The summed E-state index contributed by atoms with van der Waals surface area (Å²) in [4.78, 5) is 33.0. The van der Waals surface area contributed by atoms with E-state index in [0.29, 0.717) is 30.1 Å². The highest BCUT2D eigenvalue weighted by molar-refractivity contribution is 5.89. The smallest absolute Gasteiger partial charge is 0.410 e. The maximum Gasteiger partial charge on any atom is 0.410 e. The van der Waals surface area contributed by atoms with Gasteiger partial charge >= 0.3 is 18.0 Å². The molecule has 1 aromatic rings. The molecule has 1 heterocycles. The van der Waals surface area contributed by atoms with E-state index >= 15 is 0 Å². The summed E-state index contributed by atoms with van der Waals surface area (Å²) in [6.07, 6.45) is 0.702. The maximum atomic E-state index is 13.8. The van der Waals surface area contributed by atoms with E-state index in [0.717, 1.165) is 13.1 Å². The fourth-order valence-corrected chi connectivity index (χ4v) is 2.77. The fraction of sp³-hybridized carbons (Fsp3) is 0.450. The molecule has 10 heteroatoms. The molecule has 0 saturated carbocycles. The Kier molecular flexibility index (Phi) is 10.3. The number of hydrogen-bond acceptors (Lipinski definition) is 6. The quantitative estimate of drug-likeness (QED) is 0.592. The largest absolute Gasteiger partial charge is 0.494 e. The molecule has 1 aliphatic heterocycles. The van der Waals surface area contributed by atoms with E-state index in [2.05, 4.69) is 5.32 Å². The van der Waals surface area contributed by atoms with Gasteiger partial charge in [0.15, 0.2) is 0 Å². The Morgan fingerprint density at radius 1 is 1.17 bits per heavy atom. The molecule has 1 aliphatic rings. The highest BCUT2D eigenvalue weighted by Gasteiger charge is 2.30. The zero-order valence-electron chi connectivity index (χ0n) is 17.1. The number of carbonyl (C=O) groups excluding carboxylic acids is 1. The van der Waals surface area contributed by atoms with Crippen LogP contribution in [0.15, 0.2) is 30.4 Å². The molecule has 0 unspecified atom stereocenters. The second kappa shape index (κ2) is 12.4. The minimum absolute atomic E-state index is 0.0517. The second-order valence-corrected chi connectivity index (χ2v) is 6.51. The van der Waals surface area contributed by atoms with Gasteiger partial charge in [-0.3, -0.25) is 0 Å². The molecule has 1 aromatic carbocycles. The van der Waals surface area contributed by atoms with Crippen molar-refractivity contribution < 1.29 is 38.5 Å². The first-order valence-corrected chi connectivity index (χ1v) is 9.36. The van der Waals surface area contributed by atoms with Crippen LogP contribution in [0.4, 0.5) is 9.18 Å². The standard InChI is InChI=1S/C16H23FN2O3.C4H4O4/c1-4-21-14-5-6-15(17)13(7-14)10-22-16(20)19-11(2)8-18-9-12(19)3;5-3(6)1-2-4(7)8/h5-7,11-12,18H,4,8-10H2,1-3H3;1-2H,(H,5,6)(H,7,8)/b;2-1+/t11-,12+;. The zero-order valence-corrected chi connectivity index (χ0v) is 17.1. The van der Waals surface area contributed by atoms with Crippen LogP contribution in [0.5, 0.6) is 5.75 Å². The Labute approximate surface area is 174 Å². The molecule has 30 heavy (non-hydrogen) atoms. The molecule has 3 N–H and O–H groups in total. The predicted octanol–water partition coefficient (Wildman–Crippen LogP) is 2.25. The second-order valence-electron chi connectivity index (χ2n) is 6.51. The van der Waals surface area contributed by atoms with Crippen molar-refractivity contribution in [1.29, 1.82) is 0 Å². The average Bonchev–Trinajstić information content (AvgIpc) is 2.67. The molecule has 1 amide bonds. The van der Waals surface area contributed by atoms with Crippen LogP contribution in [0.1, 0.15) is 26.3 Å².